The van der Waals surface area contributed by atoms with Crippen molar-refractivity contribution in [1.29, 1.82) is 0 Å². The number of imide groups is 1. The van der Waals surface area contributed by atoms with Crippen LogP contribution in [-0.2, 0) is 9.59 Å². The van der Waals surface area contributed by atoms with E-state index in [-0.39, 0.29) is 18.2 Å². The van der Waals surface area contributed by atoms with Gasteiger partial charge in [0.15, 0.2) is 0 Å². The molecule has 106 valence electrons. The van der Waals surface area contributed by atoms with Crippen LogP contribution in [0, 0.1) is 0 Å². The van der Waals surface area contributed by atoms with Crippen molar-refractivity contribution in [1.82, 2.24) is 0 Å². The summed E-state index contributed by atoms with van der Waals surface area (Å²) in [5.41, 5.74) is 1.26. The summed E-state index contributed by atoms with van der Waals surface area (Å²) >= 11 is 11.9. The molecule has 0 N–H and O–H groups in total. The lowest BCUT2D eigenvalue weighted by atomic mass is 9.98. The summed E-state index contributed by atoms with van der Waals surface area (Å²) in [6.07, 6.45) is 0.160. The molecule has 0 aliphatic carbocycles. The molecular weight excluding hydrogens is 309 g/mol. The topological polar surface area (TPSA) is 37.4 Å². The molecule has 21 heavy (non-hydrogen) atoms. The van der Waals surface area contributed by atoms with E-state index >= 15 is 0 Å². The highest BCUT2D eigenvalue weighted by molar-refractivity contribution is 6.35. The highest BCUT2D eigenvalue weighted by Gasteiger charge is 2.40. The Morgan fingerprint density at radius 1 is 0.952 bits per heavy atom. The molecule has 0 bridgehead atoms. The van der Waals surface area contributed by atoms with Crippen LogP contribution in [0.15, 0.2) is 48.5 Å². The lowest BCUT2D eigenvalue weighted by Crippen LogP contribution is -2.30. The van der Waals surface area contributed by atoms with Crippen molar-refractivity contribution in [2.24, 2.45) is 0 Å². The van der Waals surface area contributed by atoms with Crippen molar-refractivity contribution in [3.8, 4) is 0 Å². The van der Waals surface area contributed by atoms with Gasteiger partial charge in [-0.1, -0.05) is 53.5 Å². The van der Waals surface area contributed by atoms with Gasteiger partial charge in [0.05, 0.1) is 11.6 Å². The van der Waals surface area contributed by atoms with Crippen LogP contribution in [0.25, 0.3) is 0 Å². The van der Waals surface area contributed by atoms with Gasteiger partial charge in [0, 0.05) is 16.5 Å². The molecule has 0 unspecified atom stereocenters. The molecule has 2 amide bonds. The number of hydrogen-bond acceptors (Lipinski definition) is 2. The largest absolute Gasteiger partial charge is 0.274 e. The molecule has 0 radical (unpaired) electrons. The van der Waals surface area contributed by atoms with E-state index in [1.54, 1.807) is 18.2 Å². The molecule has 0 aromatic heterocycles. The zero-order valence-corrected chi connectivity index (χ0v) is 12.4. The standard InChI is InChI=1S/C16H11Cl2NO2/c17-11-6-12(18)8-13(7-11)19-15(20)9-14(16(19)21)10-4-2-1-3-5-10/h1-8,14H,9H2/t14-/m1/s1. The highest BCUT2D eigenvalue weighted by Crippen LogP contribution is 2.35. The lowest BCUT2D eigenvalue weighted by Gasteiger charge is -2.16. The highest BCUT2D eigenvalue weighted by atomic mass is 35.5. The molecule has 1 aliphatic heterocycles. The fraction of sp³-hybridized carbons (Fsp3) is 0.125. The number of rotatable bonds is 2. The maximum absolute atomic E-state index is 12.6. The molecule has 3 rings (SSSR count). The molecule has 2 aromatic rings. The third-order valence-electron chi connectivity index (χ3n) is 3.45. The zero-order chi connectivity index (χ0) is 15.0. The summed E-state index contributed by atoms with van der Waals surface area (Å²) in [6, 6.07) is 14.0. The van der Waals surface area contributed by atoms with E-state index < -0.39 is 5.92 Å². The average molecular weight is 320 g/mol. The minimum Gasteiger partial charge on any atom is -0.274 e. The molecule has 1 fully saturated rings. The van der Waals surface area contributed by atoms with Crippen LogP contribution in [-0.4, -0.2) is 11.8 Å². The fourth-order valence-electron chi connectivity index (χ4n) is 2.52. The second-order valence-corrected chi connectivity index (χ2v) is 5.74. The Morgan fingerprint density at radius 2 is 1.57 bits per heavy atom. The molecule has 2 aromatic carbocycles. The summed E-state index contributed by atoms with van der Waals surface area (Å²) in [4.78, 5) is 25.9. The van der Waals surface area contributed by atoms with E-state index in [1.807, 2.05) is 30.3 Å². The first-order valence-corrected chi connectivity index (χ1v) is 7.19. The van der Waals surface area contributed by atoms with Gasteiger partial charge in [-0.15, -0.1) is 0 Å². The fourth-order valence-corrected chi connectivity index (χ4v) is 3.03. The van der Waals surface area contributed by atoms with Gasteiger partial charge in [0.25, 0.3) is 0 Å². The molecule has 1 atom stereocenters. The van der Waals surface area contributed by atoms with Crippen LogP contribution in [0.1, 0.15) is 17.9 Å². The van der Waals surface area contributed by atoms with Gasteiger partial charge in [-0.2, -0.15) is 0 Å². The van der Waals surface area contributed by atoms with Crippen molar-refractivity contribution < 1.29 is 9.59 Å². The van der Waals surface area contributed by atoms with Gasteiger partial charge in [-0.25, -0.2) is 4.90 Å². The molecular formula is C16H11Cl2NO2. The van der Waals surface area contributed by atoms with Crippen molar-refractivity contribution >= 4 is 40.7 Å². The van der Waals surface area contributed by atoms with Gasteiger partial charge in [-0.05, 0) is 23.8 Å². The number of carbonyl (C=O) groups excluding carboxylic acids is 2. The minimum absolute atomic E-state index is 0.160. The first-order valence-electron chi connectivity index (χ1n) is 6.44. The van der Waals surface area contributed by atoms with Gasteiger partial charge < -0.3 is 0 Å². The molecule has 1 saturated heterocycles. The number of benzene rings is 2. The van der Waals surface area contributed by atoms with Crippen molar-refractivity contribution in [2.45, 2.75) is 12.3 Å². The van der Waals surface area contributed by atoms with Gasteiger partial charge in [0.1, 0.15) is 0 Å². The number of anilines is 1. The summed E-state index contributed by atoms with van der Waals surface area (Å²) < 4.78 is 0. The van der Waals surface area contributed by atoms with Crippen molar-refractivity contribution in [3.63, 3.8) is 0 Å². The molecule has 0 saturated carbocycles. The van der Waals surface area contributed by atoms with Crippen LogP contribution in [0.5, 0.6) is 0 Å². The van der Waals surface area contributed by atoms with Crippen LogP contribution in [0.3, 0.4) is 0 Å². The Morgan fingerprint density at radius 3 is 2.19 bits per heavy atom. The first kappa shape index (κ1) is 14.1. The van der Waals surface area contributed by atoms with Gasteiger partial charge >= 0.3 is 0 Å². The van der Waals surface area contributed by atoms with Crippen LogP contribution >= 0.6 is 23.2 Å². The van der Waals surface area contributed by atoms with Gasteiger partial charge in [-0.3, -0.25) is 9.59 Å². The van der Waals surface area contributed by atoms with E-state index in [4.69, 9.17) is 23.2 Å². The lowest BCUT2D eigenvalue weighted by molar-refractivity contribution is -0.121. The number of hydrogen-bond donors (Lipinski definition) is 0. The van der Waals surface area contributed by atoms with E-state index in [2.05, 4.69) is 0 Å². The van der Waals surface area contributed by atoms with Crippen molar-refractivity contribution in [3.05, 3.63) is 64.1 Å². The Labute approximate surface area is 132 Å². The van der Waals surface area contributed by atoms with Crippen LogP contribution < -0.4 is 4.90 Å². The number of halogens is 2. The quantitative estimate of drug-likeness (QED) is 0.783. The average Bonchev–Trinajstić information content (AvgIpc) is 2.74. The predicted octanol–water partition coefficient (Wildman–Crippen LogP) is 4.04. The smallest absolute Gasteiger partial charge is 0.241 e. The Bertz CT molecular complexity index is 695. The number of carbonyl (C=O) groups is 2. The molecule has 1 heterocycles. The first-order chi connectivity index (χ1) is 10.1. The molecule has 0 spiro atoms. The third-order valence-corrected chi connectivity index (χ3v) is 3.89. The van der Waals surface area contributed by atoms with E-state index in [1.165, 1.54) is 0 Å². The van der Waals surface area contributed by atoms with E-state index in [0.717, 1.165) is 10.5 Å². The van der Waals surface area contributed by atoms with Gasteiger partial charge in [0.2, 0.25) is 11.8 Å². The Kier molecular flexibility index (Phi) is 3.70. The summed E-state index contributed by atoms with van der Waals surface area (Å²) in [6.45, 7) is 0. The Hall–Kier alpha value is -1.84. The second-order valence-electron chi connectivity index (χ2n) is 4.86. The third kappa shape index (κ3) is 2.67. The van der Waals surface area contributed by atoms with E-state index in [9.17, 15) is 9.59 Å². The number of nitrogens with zero attached hydrogens (tertiary/aromatic N) is 1. The Balaban J connectivity index is 1.98. The monoisotopic (exact) mass is 319 g/mol. The SMILES string of the molecule is O=C1C[C@H](c2ccccc2)C(=O)N1c1cc(Cl)cc(Cl)c1. The van der Waals surface area contributed by atoms with Crippen LogP contribution in [0.4, 0.5) is 5.69 Å². The molecule has 3 nitrogen and oxygen atoms in total. The van der Waals surface area contributed by atoms with Crippen molar-refractivity contribution in [2.75, 3.05) is 4.90 Å². The summed E-state index contributed by atoms with van der Waals surface area (Å²) in [7, 11) is 0. The van der Waals surface area contributed by atoms with E-state index in [0.29, 0.717) is 15.7 Å². The predicted molar refractivity (Wildman–Crippen MR) is 82.8 cm³/mol. The molecule has 5 heteroatoms. The summed E-state index contributed by atoms with van der Waals surface area (Å²) in [5.74, 6) is -0.937. The second kappa shape index (κ2) is 5.51. The molecule has 1 aliphatic rings. The normalized spacial score (nSPS) is 18.4. The minimum atomic E-state index is -0.448. The number of amides is 2. The zero-order valence-electron chi connectivity index (χ0n) is 10.9. The summed E-state index contributed by atoms with van der Waals surface area (Å²) in [5, 5.41) is 0.780. The van der Waals surface area contributed by atoms with Crippen LogP contribution in [0.2, 0.25) is 10.0 Å². The maximum atomic E-state index is 12.6. The maximum Gasteiger partial charge on any atom is 0.241 e.